The number of ether oxygens (including phenoxy) is 3. The summed E-state index contributed by atoms with van der Waals surface area (Å²) in [5, 5.41) is -0.115. The first-order valence-electron chi connectivity index (χ1n) is 10.8. The fourth-order valence-electron chi connectivity index (χ4n) is 4.48. The van der Waals surface area contributed by atoms with E-state index in [1.807, 2.05) is 0 Å². The topological polar surface area (TPSA) is 44.8 Å². The maximum Gasteiger partial charge on any atom is 0.302 e. The van der Waals surface area contributed by atoms with Crippen LogP contribution < -0.4 is 4.74 Å². The van der Waals surface area contributed by atoms with Gasteiger partial charge in [-0.05, 0) is 59.6 Å². The minimum atomic E-state index is -0.237. The predicted molar refractivity (Wildman–Crippen MR) is 120 cm³/mol. The molecule has 0 bridgehead atoms. The maximum absolute atomic E-state index is 11.4. The van der Waals surface area contributed by atoms with Crippen LogP contribution in [0.5, 0.6) is 5.75 Å². The number of hydrogen-bond acceptors (Lipinski definition) is 4. The van der Waals surface area contributed by atoms with Crippen molar-refractivity contribution in [2.45, 2.75) is 69.6 Å². The Kier molecular flexibility index (Phi) is 6.79. The predicted octanol–water partition coefficient (Wildman–Crippen LogP) is 5.67. The van der Waals surface area contributed by atoms with Crippen LogP contribution in [0, 0.1) is 0 Å². The molecular formula is C25H29BrO4. The second-order valence-electron chi connectivity index (χ2n) is 8.19. The number of carbonyl (C=O) groups excluding carboxylic acids is 1. The highest BCUT2D eigenvalue weighted by molar-refractivity contribution is 9.09. The zero-order valence-electron chi connectivity index (χ0n) is 17.7. The van der Waals surface area contributed by atoms with Gasteiger partial charge in [0.25, 0.3) is 0 Å². The number of fused-ring (bicyclic) bond motifs is 1. The monoisotopic (exact) mass is 472 g/mol. The third-order valence-corrected chi connectivity index (χ3v) is 6.51. The van der Waals surface area contributed by atoms with E-state index in [1.165, 1.54) is 29.2 Å². The molecule has 0 radical (unpaired) electrons. The van der Waals surface area contributed by atoms with Gasteiger partial charge in [-0.15, -0.1) is 0 Å². The third kappa shape index (κ3) is 5.06. The standard InChI is InChI=1S/C25H29BrO4/c1-3-18-7-8-20(24-14-22(29-16(2)27)15-25(26)30-24)13-21(18)12-17-6-9-23-19(11-17)5-4-10-28-23/h6-9,11,13,22,24-25H,3-5,10,12,14-15H2,1-2H3/t22-,24-,25?/m1/s1. The van der Waals surface area contributed by atoms with Gasteiger partial charge in [-0.25, -0.2) is 0 Å². The first kappa shape index (κ1) is 21.4. The van der Waals surface area contributed by atoms with Gasteiger partial charge in [-0.1, -0.05) is 53.2 Å². The van der Waals surface area contributed by atoms with E-state index in [-0.39, 0.29) is 23.2 Å². The summed E-state index contributed by atoms with van der Waals surface area (Å²) >= 11 is 3.57. The van der Waals surface area contributed by atoms with Gasteiger partial charge >= 0.3 is 5.97 Å². The van der Waals surface area contributed by atoms with Crippen LogP contribution in [0.25, 0.3) is 0 Å². The number of rotatable bonds is 5. The summed E-state index contributed by atoms with van der Waals surface area (Å²) in [7, 11) is 0. The molecule has 0 aromatic heterocycles. The zero-order chi connectivity index (χ0) is 21.1. The van der Waals surface area contributed by atoms with Crippen LogP contribution >= 0.6 is 15.9 Å². The number of alkyl halides is 1. The van der Waals surface area contributed by atoms with E-state index in [4.69, 9.17) is 14.2 Å². The highest BCUT2D eigenvalue weighted by atomic mass is 79.9. The van der Waals surface area contributed by atoms with Crippen LogP contribution in [-0.2, 0) is 33.5 Å². The number of halogens is 1. The second-order valence-corrected chi connectivity index (χ2v) is 9.21. The number of aryl methyl sites for hydroxylation is 2. The van der Waals surface area contributed by atoms with E-state index < -0.39 is 0 Å². The fraction of sp³-hybridized carbons (Fsp3) is 0.480. The van der Waals surface area contributed by atoms with Crippen molar-refractivity contribution in [2.24, 2.45) is 0 Å². The SMILES string of the molecule is CCc1ccc([C@H]2C[C@@H](OC(C)=O)CC(Br)O2)cc1Cc1ccc2c(c1)CCCO2. The molecule has 0 saturated carbocycles. The van der Waals surface area contributed by atoms with Gasteiger partial charge in [-0.2, -0.15) is 0 Å². The quantitative estimate of drug-likeness (QED) is 0.415. The fourth-order valence-corrected chi connectivity index (χ4v) is 5.15. The summed E-state index contributed by atoms with van der Waals surface area (Å²) in [5.41, 5.74) is 6.46. The molecule has 3 atom stereocenters. The van der Waals surface area contributed by atoms with Crippen LogP contribution in [0.3, 0.4) is 0 Å². The number of benzene rings is 2. The largest absolute Gasteiger partial charge is 0.493 e. The molecule has 30 heavy (non-hydrogen) atoms. The summed E-state index contributed by atoms with van der Waals surface area (Å²) in [4.78, 5) is 11.4. The molecule has 0 aliphatic carbocycles. The van der Waals surface area contributed by atoms with Crippen molar-refractivity contribution in [1.82, 2.24) is 0 Å². The van der Waals surface area contributed by atoms with Crippen molar-refractivity contribution in [3.8, 4) is 5.75 Å². The van der Waals surface area contributed by atoms with E-state index in [2.05, 4.69) is 59.3 Å². The molecule has 5 heteroatoms. The normalized spacial score (nSPS) is 23.4. The minimum Gasteiger partial charge on any atom is -0.493 e. The Balaban J connectivity index is 1.57. The molecule has 1 unspecified atom stereocenters. The average Bonchev–Trinajstić information content (AvgIpc) is 2.72. The van der Waals surface area contributed by atoms with Gasteiger partial charge in [0.1, 0.15) is 16.9 Å². The van der Waals surface area contributed by atoms with Crippen LogP contribution in [0.2, 0.25) is 0 Å². The molecule has 1 fully saturated rings. The molecule has 2 aliphatic rings. The van der Waals surface area contributed by atoms with E-state index in [0.717, 1.165) is 43.6 Å². The van der Waals surface area contributed by atoms with Gasteiger partial charge < -0.3 is 14.2 Å². The van der Waals surface area contributed by atoms with E-state index in [9.17, 15) is 4.79 Å². The Morgan fingerprint density at radius 2 is 2.03 bits per heavy atom. The summed E-state index contributed by atoms with van der Waals surface area (Å²) in [6, 6.07) is 13.2. The molecule has 0 N–H and O–H groups in total. The van der Waals surface area contributed by atoms with E-state index in [1.54, 1.807) is 0 Å². The number of carbonyl (C=O) groups is 1. The molecule has 4 rings (SSSR count). The van der Waals surface area contributed by atoms with Crippen molar-refractivity contribution < 1.29 is 19.0 Å². The molecule has 1 saturated heterocycles. The summed E-state index contributed by atoms with van der Waals surface area (Å²) in [6.45, 7) is 4.48. The Morgan fingerprint density at radius 1 is 1.17 bits per heavy atom. The van der Waals surface area contributed by atoms with E-state index >= 15 is 0 Å². The first-order valence-corrected chi connectivity index (χ1v) is 11.8. The highest BCUT2D eigenvalue weighted by Crippen LogP contribution is 2.36. The number of hydrogen-bond donors (Lipinski definition) is 0. The molecule has 2 aromatic carbocycles. The Labute approximate surface area is 187 Å². The Bertz CT molecular complexity index is 910. The highest BCUT2D eigenvalue weighted by Gasteiger charge is 2.31. The van der Waals surface area contributed by atoms with Crippen molar-refractivity contribution >= 4 is 21.9 Å². The van der Waals surface area contributed by atoms with Crippen LogP contribution in [-0.4, -0.2) is 23.7 Å². The number of esters is 1. The Morgan fingerprint density at radius 3 is 2.83 bits per heavy atom. The van der Waals surface area contributed by atoms with Gasteiger partial charge in [0.15, 0.2) is 0 Å². The smallest absolute Gasteiger partial charge is 0.302 e. The van der Waals surface area contributed by atoms with Crippen molar-refractivity contribution in [3.63, 3.8) is 0 Å². The maximum atomic E-state index is 11.4. The summed E-state index contributed by atoms with van der Waals surface area (Å²) in [5.74, 6) is 0.795. The van der Waals surface area contributed by atoms with Crippen molar-refractivity contribution in [1.29, 1.82) is 0 Å². The molecule has 160 valence electrons. The lowest BCUT2D eigenvalue weighted by Gasteiger charge is -2.33. The van der Waals surface area contributed by atoms with Crippen LogP contribution in [0.15, 0.2) is 36.4 Å². The lowest BCUT2D eigenvalue weighted by molar-refractivity contribution is -0.154. The van der Waals surface area contributed by atoms with E-state index in [0.29, 0.717) is 12.8 Å². The van der Waals surface area contributed by atoms with Crippen molar-refractivity contribution in [3.05, 3.63) is 64.2 Å². The van der Waals surface area contributed by atoms with Gasteiger partial charge in [0.05, 0.1) is 12.7 Å². The molecule has 0 spiro atoms. The summed E-state index contributed by atoms with van der Waals surface area (Å²) < 4.78 is 17.4. The van der Waals surface area contributed by atoms with Gasteiger partial charge in [0.2, 0.25) is 0 Å². The van der Waals surface area contributed by atoms with Crippen LogP contribution in [0.1, 0.15) is 67.0 Å². The molecule has 2 aliphatic heterocycles. The van der Waals surface area contributed by atoms with Crippen LogP contribution in [0.4, 0.5) is 0 Å². The zero-order valence-corrected chi connectivity index (χ0v) is 19.2. The molecule has 4 nitrogen and oxygen atoms in total. The first-order chi connectivity index (χ1) is 14.5. The summed E-state index contributed by atoms with van der Waals surface area (Å²) in [6.07, 6.45) is 5.20. The molecule has 2 aromatic rings. The molecule has 2 heterocycles. The lowest BCUT2D eigenvalue weighted by atomic mass is 9.91. The van der Waals surface area contributed by atoms with Crippen molar-refractivity contribution in [2.75, 3.05) is 6.61 Å². The van der Waals surface area contributed by atoms with Gasteiger partial charge in [-0.3, -0.25) is 4.79 Å². The molecular weight excluding hydrogens is 444 g/mol. The van der Waals surface area contributed by atoms with Gasteiger partial charge in [0, 0.05) is 19.8 Å². The Hall–Kier alpha value is -1.85. The third-order valence-electron chi connectivity index (χ3n) is 5.92. The lowest BCUT2D eigenvalue weighted by Crippen LogP contribution is -2.31. The second kappa shape index (κ2) is 9.52. The minimum absolute atomic E-state index is 0.0888. The molecule has 0 amide bonds. The average molecular weight is 473 g/mol.